The molecule has 0 fully saturated rings. The van der Waals surface area contributed by atoms with Gasteiger partial charge < -0.3 is 5.73 Å². The second-order valence-electron chi connectivity index (χ2n) is 5.26. The van der Waals surface area contributed by atoms with Crippen LogP contribution in [-0.2, 0) is 13.0 Å². The molecule has 2 aromatic rings. The first-order chi connectivity index (χ1) is 7.49. The van der Waals surface area contributed by atoms with E-state index in [-0.39, 0.29) is 5.41 Å². The Hall–Kier alpha value is -1.42. The minimum absolute atomic E-state index is 0.202. The lowest BCUT2D eigenvalue weighted by molar-refractivity contribution is 0.400. The van der Waals surface area contributed by atoms with Crippen LogP contribution in [0.5, 0.6) is 0 Å². The molecular formula is C12H18N4. The fourth-order valence-corrected chi connectivity index (χ4v) is 1.71. The number of rotatable bonds is 2. The predicted molar refractivity (Wildman–Crippen MR) is 64.0 cm³/mol. The third-order valence-electron chi connectivity index (χ3n) is 2.38. The van der Waals surface area contributed by atoms with Crippen molar-refractivity contribution in [2.75, 3.05) is 0 Å². The van der Waals surface area contributed by atoms with Gasteiger partial charge in [-0.25, -0.2) is 9.50 Å². The maximum absolute atomic E-state index is 5.66. The molecule has 4 heteroatoms. The lowest BCUT2D eigenvalue weighted by Gasteiger charge is -2.14. The molecule has 0 atom stereocenters. The summed E-state index contributed by atoms with van der Waals surface area (Å²) in [6.07, 6.45) is 0.874. The first-order valence-corrected chi connectivity index (χ1v) is 5.53. The Bertz CT molecular complexity index is 493. The van der Waals surface area contributed by atoms with Gasteiger partial charge in [-0.05, 0) is 17.5 Å². The summed E-state index contributed by atoms with van der Waals surface area (Å²) in [4.78, 5) is 4.50. The van der Waals surface area contributed by atoms with E-state index in [9.17, 15) is 0 Å². The molecule has 2 heterocycles. The summed E-state index contributed by atoms with van der Waals surface area (Å²) in [5.41, 5.74) is 7.73. The number of fused-ring (bicyclic) bond motifs is 1. The summed E-state index contributed by atoms with van der Waals surface area (Å²) >= 11 is 0. The van der Waals surface area contributed by atoms with Crippen LogP contribution in [0.1, 0.15) is 32.3 Å². The van der Waals surface area contributed by atoms with Crippen molar-refractivity contribution < 1.29 is 0 Å². The van der Waals surface area contributed by atoms with Crippen molar-refractivity contribution in [2.24, 2.45) is 11.1 Å². The van der Waals surface area contributed by atoms with Gasteiger partial charge in [0.1, 0.15) is 0 Å². The number of nitrogens with two attached hydrogens (primary N) is 1. The maximum Gasteiger partial charge on any atom is 0.155 e. The zero-order chi connectivity index (χ0) is 11.8. The van der Waals surface area contributed by atoms with Crippen LogP contribution in [0.2, 0.25) is 0 Å². The Kier molecular flexibility index (Phi) is 2.68. The molecule has 0 saturated heterocycles. The van der Waals surface area contributed by atoms with Gasteiger partial charge in [-0.3, -0.25) is 0 Å². The van der Waals surface area contributed by atoms with Gasteiger partial charge in [0.2, 0.25) is 0 Å². The predicted octanol–water partition coefficient (Wildman–Crippen LogP) is 1.78. The van der Waals surface area contributed by atoms with Crippen molar-refractivity contribution in [1.82, 2.24) is 14.6 Å². The van der Waals surface area contributed by atoms with Crippen molar-refractivity contribution in [1.29, 1.82) is 0 Å². The van der Waals surface area contributed by atoms with E-state index in [4.69, 9.17) is 5.73 Å². The highest BCUT2D eigenvalue weighted by molar-refractivity contribution is 5.38. The molecule has 0 saturated carbocycles. The van der Waals surface area contributed by atoms with E-state index in [1.165, 1.54) is 0 Å². The smallest absolute Gasteiger partial charge is 0.155 e. The van der Waals surface area contributed by atoms with Crippen LogP contribution in [0.15, 0.2) is 18.2 Å². The SMILES string of the molecule is CC(C)(C)Cc1nc2cccc(CN)n2n1. The summed E-state index contributed by atoms with van der Waals surface area (Å²) in [5, 5.41) is 4.49. The van der Waals surface area contributed by atoms with Crippen LogP contribution in [0.3, 0.4) is 0 Å². The summed E-state index contributed by atoms with van der Waals surface area (Å²) in [5.74, 6) is 0.883. The number of aromatic nitrogens is 3. The molecule has 0 radical (unpaired) electrons. The van der Waals surface area contributed by atoms with Crippen LogP contribution in [-0.4, -0.2) is 14.6 Å². The van der Waals surface area contributed by atoms with E-state index in [1.807, 2.05) is 22.7 Å². The third kappa shape index (κ3) is 2.22. The van der Waals surface area contributed by atoms with Crippen LogP contribution < -0.4 is 5.73 Å². The number of pyridine rings is 1. The molecule has 0 bridgehead atoms. The van der Waals surface area contributed by atoms with Crippen molar-refractivity contribution >= 4 is 5.65 Å². The van der Waals surface area contributed by atoms with Gasteiger partial charge in [-0.1, -0.05) is 26.8 Å². The van der Waals surface area contributed by atoms with Gasteiger partial charge in [-0.15, -0.1) is 0 Å². The quantitative estimate of drug-likeness (QED) is 0.836. The first-order valence-electron chi connectivity index (χ1n) is 5.53. The van der Waals surface area contributed by atoms with E-state index < -0.39 is 0 Å². The van der Waals surface area contributed by atoms with Crippen molar-refractivity contribution in [3.8, 4) is 0 Å². The largest absolute Gasteiger partial charge is 0.325 e. The summed E-state index contributed by atoms with van der Waals surface area (Å²) < 4.78 is 1.83. The standard InChI is InChI=1S/C12H18N4/c1-12(2,3)7-10-14-11-6-4-5-9(8-13)16(11)15-10/h4-6H,7-8,13H2,1-3H3. The summed E-state index contributed by atoms with van der Waals surface area (Å²) in [7, 11) is 0. The Morgan fingerprint density at radius 2 is 2.06 bits per heavy atom. The van der Waals surface area contributed by atoms with Gasteiger partial charge in [0.15, 0.2) is 11.5 Å². The molecule has 2 aromatic heterocycles. The lowest BCUT2D eigenvalue weighted by Crippen LogP contribution is -2.11. The number of nitrogens with zero attached hydrogens (tertiary/aromatic N) is 3. The maximum atomic E-state index is 5.66. The molecule has 0 unspecified atom stereocenters. The topological polar surface area (TPSA) is 56.2 Å². The highest BCUT2D eigenvalue weighted by atomic mass is 15.3. The van der Waals surface area contributed by atoms with E-state index >= 15 is 0 Å². The normalized spacial score (nSPS) is 12.2. The zero-order valence-corrected chi connectivity index (χ0v) is 10.1. The molecular weight excluding hydrogens is 200 g/mol. The molecule has 86 valence electrons. The van der Waals surface area contributed by atoms with Gasteiger partial charge in [-0.2, -0.15) is 5.10 Å². The Balaban J connectivity index is 2.44. The van der Waals surface area contributed by atoms with Gasteiger partial charge in [0.05, 0.1) is 5.69 Å². The molecule has 0 aromatic carbocycles. The molecule has 0 aliphatic heterocycles. The molecule has 2 N–H and O–H groups in total. The highest BCUT2D eigenvalue weighted by Gasteiger charge is 2.15. The van der Waals surface area contributed by atoms with Crippen LogP contribution in [0.4, 0.5) is 0 Å². The molecule has 4 nitrogen and oxygen atoms in total. The van der Waals surface area contributed by atoms with E-state index in [0.717, 1.165) is 23.6 Å². The van der Waals surface area contributed by atoms with E-state index in [2.05, 4.69) is 30.9 Å². The minimum atomic E-state index is 0.202. The molecule has 0 aliphatic carbocycles. The van der Waals surface area contributed by atoms with Crippen molar-refractivity contribution in [3.05, 3.63) is 29.7 Å². The average Bonchev–Trinajstić information content (AvgIpc) is 2.56. The summed E-state index contributed by atoms with van der Waals surface area (Å²) in [6, 6.07) is 5.90. The minimum Gasteiger partial charge on any atom is -0.325 e. The molecule has 0 aliphatic rings. The summed E-state index contributed by atoms with van der Waals surface area (Å²) in [6.45, 7) is 7.03. The zero-order valence-electron chi connectivity index (χ0n) is 10.1. The van der Waals surface area contributed by atoms with Gasteiger partial charge in [0.25, 0.3) is 0 Å². The Morgan fingerprint density at radius 3 is 2.69 bits per heavy atom. The third-order valence-corrected chi connectivity index (χ3v) is 2.38. The van der Waals surface area contributed by atoms with E-state index in [0.29, 0.717) is 6.54 Å². The fourth-order valence-electron chi connectivity index (χ4n) is 1.71. The second-order valence-corrected chi connectivity index (χ2v) is 5.26. The van der Waals surface area contributed by atoms with Crippen LogP contribution >= 0.6 is 0 Å². The molecule has 16 heavy (non-hydrogen) atoms. The average molecular weight is 218 g/mol. The van der Waals surface area contributed by atoms with Crippen molar-refractivity contribution in [2.45, 2.75) is 33.7 Å². The lowest BCUT2D eigenvalue weighted by atomic mass is 9.92. The van der Waals surface area contributed by atoms with Crippen LogP contribution in [0, 0.1) is 5.41 Å². The van der Waals surface area contributed by atoms with E-state index in [1.54, 1.807) is 0 Å². The second kappa shape index (κ2) is 3.87. The van der Waals surface area contributed by atoms with Crippen molar-refractivity contribution in [3.63, 3.8) is 0 Å². The first kappa shape index (κ1) is 11.1. The highest BCUT2D eigenvalue weighted by Crippen LogP contribution is 2.19. The van der Waals surface area contributed by atoms with Gasteiger partial charge >= 0.3 is 0 Å². The number of hydrogen-bond donors (Lipinski definition) is 1. The Morgan fingerprint density at radius 1 is 1.31 bits per heavy atom. The monoisotopic (exact) mass is 218 g/mol. The molecule has 2 rings (SSSR count). The Labute approximate surface area is 95.5 Å². The van der Waals surface area contributed by atoms with Gasteiger partial charge in [0, 0.05) is 13.0 Å². The number of hydrogen-bond acceptors (Lipinski definition) is 3. The van der Waals surface area contributed by atoms with Crippen LogP contribution in [0.25, 0.3) is 5.65 Å². The fraction of sp³-hybridized carbons (Fsp3) is 0.500. The molecule has 0 spiro atoms. The molecule has 0 amide bonds.